The molecule has 0 aromatic heterocycles. The third-order valence-corrected chi connectivity index (χ3v) is 5.50. The monoisotopic (exact) mass is 361 g/mol. The number of aryl methyl sites for hydroxylation is 2. The first kappa shape index (κ1) is 19.5. The summed E-state index contributed by atoms with van der Waals surface area (Å²) in [6, 6.07) is 13.0. The Balaban J connectivity index is 1.94. The maximum atomic E-state index is 12.4. The summed E-state index contributed by atoms with van der Waals surface area (Å²) >= 11 is 0. The van der Waals surface area contributed by atoms with Crippen molar-refractivity contribution < 1.29 is 13.2 Å². The van der Waals surface area contributed by atoms with Crippen molar-refractivity contribution in [1.82, 2.24) is 4.72 Å². The van der Waals surface area contributed by atoms with E-state index >= 15 is 0 Å². The molecule has 0 aliphatic carbocycles. The van der Waals surface area contributed by atoms with Gasteiger partial charge >= 0.3 is 0 Å². The highest BCUT2D eigenvalue weighted by Gasteiger charge is 2.17. The highest BCUT2D eigenvalue weighted by Crippen LogP contribution is 2.23. The molecule has 0 aliphatic heterocycles. The molecule has 2 aromatic rings. The Morgan fingerprint density at radius 1 is 1.00 bits per heavy atom. The van der Waals surface area contributed by atoms with Crippen LogP contribution in [0, 0.1) is 13.8 Å². The van der Waals surface area contributed by atoms with Gasteiger partial charge in [0.15, 0.2) is 0 Å². The predicted molar refractivity (Wildman–Crippen MR) is 102 cm³/mol. The molecule has 4 nitrogen and oxygen atoms in total. The van der Waals surface area contributed by atoms with Gasteiger partial charge in [-0.15, -0.1) is 0 Å². The van der Waals surface area contributed by atoms with Crippen LogP contribution in [0.2, 0.25) is 0 Å². The zero-order chi connectivity index (χ0) is 18.7. The average molecular weight is 362 g/mol. The highest BCUT2D eigenvalue weighted by molar-refractivity contribution is 7.89. The average Bonchev–Trinajstić information content (AvgIpc) is 2.54. The van der Waals surface area contributed by atoms with Crippen LogP contribution in [0.15, 0.2) is 47.4 Å². The molecular formula is C20H27NO3S. The van der Waals surface area contributed by atoms with Crippen LogP contribution in [0.3, 0.4) is 0 Å². The van der Waals surface area contributed by atoms with Crippen LogP contribution in [0.1, 0.15) is 37.5 Å². The van der Waals surface area contributed by atoms with E-state index in [0.717, 1.165) is 22.4 Å². The van der Waals surface area contributed by atoms with Crippen LogP contribution in [0.25, 0.3) is 0 Å². The summed E-state index contributed by atoms with van der Waals surface area (Å²) in [6.07, 6.45) is 0. The molecule has 0 radical (unpaired) electrons. The molecule has 0 amide bonds. The van der Waals surface area contributed by atoms with Crippen molar-refractivity contribution in [2.75, 3.05) is 13.2 Å². The van der Waals surface area contributed by atoms with Crippen molar-refractivity contribution in [1.29, 1.82) is 0 Å². The van der Waals surface area contributed by atoms with Gasteiger partial charge in [0.1, 0.15) is 12.4 Å². The Kier molecular flexibility index (Phi) is 5.91. The molecule has 0 heterocycles. The van der Waals surface area contributed by atoms with Gasteiger partial charge < -0.3 is 4.74 Å². The molecule has 0 spiro atoms. The molecule has 136 valence electrons. The Morgan fingerprint density at radius 3 is 2.24 bits per heavy atom. The summed E-state index contributed by atoms with van der Waals surface area (Å²) in [5.41, 5.74) is 3.24. The molecule has 0 fully saturated rings. The molecule has 0 unspecified atom stereocenters. The van der Waals surface area contributed by atoms with Crippen molar-refractivity contribution in [3.8, 4) is 5.75 Å². The number of ether oxygens (including phenoxy) is 1. The van der Waals surface area contributed by atoms with Crippen molar-refractivity contribution in [3.05, 3.63) is 59.2 Å². The smallest absolute Gasteiger partial charge is 0.240 e. The largest absolute Gasteiger partial charge is 0.492 e. The molecule has 2 aromatic carbocycles. The summed E-state index contributed by atoms with van der Waals surface area (Å²) in [4.78, 5) is 0.271. The predicted octanol–water partition coefficient (Wildman–Crippen LogP) is 3.96. The number of sulfonamides is 1. The van der Waals surface area contributed by atoms with E-state index in [1.54, 1.807) is 12.1 Å². The molecule has 0 aliphatic rings. The quantitative estimate of drug-likeness (QED) is 0.793. The second-order valence-corrected chi connectivity index (χ2v) is 9.06. The van der Waals surface area contributed by atoms with Crippen LogP contribution in [-0.4, -0.2) is 21.6 Å². The molecule has 0 atom stereocenters. The highest BCUT2D eigenvalue weighted by atomic mass is 32.2. The van der Waals surface area contributed by atoms with E-state index in [2.05, 4.69) is 25.5 Å². The first-order valence-electron chi connectivity index (χ1n) is 8.40. The number of rotatable bonds is 6. The minimum Gasteiger partial charge on any atom is -0.492 e. The summed E-state index contributed by atoms with van der Waals surface area (Å²) in [5.74, 6) is 0.786. The van der Waals surface area contributed by atoms with Gasteiger partial charge in [0.05, 0.1) is 4.90 Å². The second kappa shape index (κ2) is 7.58. The molecule has 25 heavy (non-hydrogen) atoms. The van der Waals surface area contributed by atoms with Crippen molar-refractivity contribution in [3.63, 3.8) is 0 Å². The van der Waals surface area contributed by atoms with E-state index in [0.29, 0.717) is 0 Å². The molecule has 0 saturated carbocycles. The van der Waals surface area contributed by atoms with Crippen LogP contribution in [-0.2, 0) is 15.4 Å². The molecule has 0 bridgehead atoms. The van der Waals surface area contributed by atoms with Gasteiger partial charge in [-0.05, 0) is 54.2 Å². The first-order chi connectivity index (χ1) is 11.6. The van der Waals surface area contributed by atoms with E-state index in [4.69, 9.17) is 4.74 Å². The number of hydrogen-bond acceptors (Lipinski definition) is 3. The van der Waals surface area contributed by atoms with E-state index < -0.39 is 10.0 Å². The van der Waals surface area contributed by atoms with Crippen LogP contribution >= 0.6 is 0 Å². The summed E-state index contributed by atoms with van der Waals surface area (Å²) in [7, 11) is -3.53. The van der Waals surface area contributed by atoms with Gasteiger partial charge in [-0.1, -0.05) is 45.0 Å². The maximum absolute atomic E-state index is 12.4. The third kappa shape index (κ3) is 5.31. The van der Waals surface area contributed by atoms with Crippen LogP contribution in [0.5, 0.6) is 5.75 Å². The van der Waals surface area contributed by atoms with E-state index in [9.17, 15) is 8.42 Å². The summed E-state index contributed by atoms with van der Waals surface area (Å²) in [5, 5.41) is 0. The number of benzene rings is 2. The van der Waals surface area contributed by atoms with Crippen LogP contribution < -0.4 is 9.46 Å². The number of hydrogen-bond donors (Lipinski definition) is 1. The third-order valence-electron chi connectivity index (χ3n) is 4.03. The van der Waals surface area contributed by atoms with Gasteiger partial charge in [0, 0.05) is 6.54 Å². The lowest BCUT2D eigenvalue weighted by molar-refractivity contribution is 0.320. The van der Waals surface area contributed by atoms with Crippen molar-refractivity contribution in [2.45, 2.75) is 44.9 Å². The molecule has 1 N–H and O–H groups in total. The van der Waals surface area contributed by atoms with E-state index in [1.807, 2.05) is 44.2 Å². The van der Waals surface area contributed by atoms with Gasteiger partial charge in [0.2, 0.25) is 10.0 Å². The van der Waals surface area contributed by atoms with Gasteiger partial charge in [0.25, 0.3) is 0 Å². The van der Waals surface area contributed by atoms with E-state index in [-0.39, 0.29) is 23.5 Å². The number of nitrogens with one attached hydrogen (secondary N) is 1. The van der Waals surface area contributed by atoms with Crippen LogP contribution in [0.4, 0.5) is 0 Å². The fourth-order valence-corrected chi connectivity index (χ4v) is 3.43. The van der Waals surface area contributed by atoms with Crippen molar-refractivity contribution in [2.24, 2.45) is 0 Å². The summed E-state index contributed by atoms with van der Waals surface area (Å²) < 4.78 is 33.0. The SMILES string of the molecule is Cc1ccc(C)c(OCCNS(=O)(=O)c2ccc(C(C)(C)C)cc2)c1. The second-order valence-electron chi connectivity index (χ2n) is 7.29. The normalized spacial score (nSPS) is 12.2. The van der Waals surface area contributed by atoms with Gasteiger partial charge in [-0.25, -0.2) is 13.1 Å². The van der Waals surface area contributed by atoms with E-state index in [1.165, 1.54) is 0 Å². The Labute approximate surface area is 151 Å². The summed E-state index contributed by atoms with van der Waals surface area (Å²) in [6.45, 7) is 10.8. The zero-order valence-electron chi connectivity index (χ0n) is 15.6. The minimum absolute atomic E-state index is 0.00473. The Morgan fingerprint density at radius 2 is 1.64 bits per heavy atom. The topological polar surface area (TPSA) is 55.4 Å². The first-order valence-corrected chi connectivity index (χ1v) is 9.88. The molecular weight excluding hydrogens is 334 g/mol. The van der Waals surface area contributed by atoms with Crippen molar-refractivity contribution >= 4 is 10.0 Å². The Hall–Kier alpha value is -1.85. The molecule has 2 rings (SSSR count). The minimum atomic E-state index is -3.53. The van der Waals surface area contributed by atoms with Gasteiger partial charge in [-0.3, -0.25) is 0 Å². The lowest BCUT2D eigenvalue weighted by Gasteiger charge is -2.19. The fourth-order valence-electron chi connectivity index (χ4n) is 2.42. The Bertz CT molecular complexity index is 819. The lowest BCUT2D eigenvalue weighted by atomic mass is 9.87. The lowest BCUT2D eigenvalue weighted by Crippen LogP contribution is -2.28. The molecule has 5 heteroatoms. The maximum Gasteiger partial charge on any atom is 0.240 e. The standard InChI is InChI=1S/C20H27NO3S/c1-15-6-7-16(2)19(14-15)24-13-12-21-25(22,23)18-10-8-17(9-11-18)20(3,4)5/h6-11,14,21H,12-13H2,1-5H3. The fraction of sp³-hybridized carbons (Fsp3) is 0.400. The van der Waals surface area contributed by atoms with Gasteiger partial charge in [-0.2, -0.15) is 0 Å². The zero-order valence-corrected chi connectivity index (χ0v) is 16.4. The molecule has 0 saturated heterocycles.